The molecule has 6 nitrogen and oxygen atoms in total. The van der Waals surface area contributed by atoms with Gasteiger partial charge in [-0.05, 0) is 31.5 Å². The number of hydrogen-bond donors (Lipinski definition) is 1. The number of rotatable bonds is 3. The van der Waals surface area contributed by atoms with Gasteiger partial charge in [-0.3, -0.25) is 4.99 Å². The van der Waals surface area contributed by atoms with Gasteiger partial charge < -0.3 is 20.0 Å². The summed E-state index contributed by atoms with van der Waals surface area (Å²) in [6.45, 7) is 7.33. The van der Waals surface area contributed by atoms with Crippen molar-refractivity contribution in [3.05, 3.63) is 23.9 Å². The van der Waals surface area contributed by atoms with E-state index in [1.54, 1.807) is 0 Å². The topological polar surface area (TPSA) is 47.0 Å². The molecule has 0 bridgehead atoms. The summed E-state index contributed by atoms with van der Waals surface area (Å²) < 4.78 is 0. The Hall–Kier alpha value is -1.09. The van der Waals surface area contributed by atoms with Gasteiger partial charge in [0.15, 0.2) is 5.96 Å². The zero-order valence-corrected chi connectivity index (χ0v) is 17.1. The fourth-order valence-electron chi connectivity index (χ4n) is 3.19. The molecular weight excluding hydrogens is 415 g/mol. The van der Waals surface area contributed by atoms with E-state index < -0.39 is 0 Å². The van der Waals surface area contributed by atoms with E-state index in [-0.39, 0.29) is 24.0 Å². The summed E-state index contributed by atoms with van der Waals surface area (Å²) in [5, 5.41) is 3.45. The van der Waals surface area contributed by atoms with Crippen molar-refractivity contribution >= 4 is 35.8 Å². The average Bonchev–Trinajstić information content (AvgIpc) is 3.11. The molecule has 0 aromatic carbocycles. The molecule has 3 rings (SSSR count). The Morgan fingerprint density at radius 3 is 2.42 bits per heavy atom. The van der Waals surface area contributed by atoms with Crippen molar-refractivity contribution in [2.75, 3.05) is 58.3 Å². The molecule has 0 saturated carbocycles. The van der Waals surface area contributed by atoms with Crippen molar-refractivity contribution in [3.63, 3.8) is 0 Å². The van der Waals surface area contributed by atoms with Gasteiger partial charge in [0, 0.05) is 59.1 Å². The highest BCUT2D eigenvalue weighted by atomic mass is 127. The van der Waals surface area contributed by atoms with E-state index in [2.05, 4.69) is 49.2 Å². The fourth-order valence-corrected chi connectivity index (χ4v) is 3.19. The Morgan fingerprint density at radius 2 is 1.83 bits per heavy atom. The highest BCUT2D eigenvalue weighted by Crippen LogP contribution is 2.14. The van der Waals surface area contributed by atoms with Gasteiger partial charge in [-0.1, -0.05) is 6.07 Å². The van der Waals surface area contributed by atoms with E-state index in [0.717, 1.165) is 57.6 Å². The molecule has 134 valence electrons. The lowest BCUT2D eigenvalue weighted by molar-refractivity contribution is 0.312. The lowest BCUT2D eigenvalue weighted by atomic mass is 10.2. The summed E-state index contributed by atoms with van der Waals surface area (Å²) >= 11 is 0. The summed E-state index contributed by atoms with van der Waals surface area (Å²) in [5.74, 6) is 2.09. The molecule has 2 aliphatic heterocycles. The van der Waals surface area contributed by atoms with Crippen LogP contribution in [-0.2, 0) is 6.54 Å². The molecule has 24 heavy (non-hydrogen) atoms. The van der Waals surface area contributed by atoms with Gasteiger partial charge >= 0.3 is 0 Å². The third-order valence-electron chi connectivity index (χ3n) is 4.70. The summed E-state index contributed by atoms with van der Waals surface area (Å²) in [6, 6.07) is 4.31. The first-order valence-electron chi connectivity index (χ1n) is 8.60. The van der Waals surface area contributed by atoms with Crippen LogP contribution in [0.4, 0.5) is 5.82 Å². The number of hydrogen-bond acceptors (Lipinski definition) is 4. The minimum Gasteiger partial charge on any atom is -0.354 e. The molecule has 0 radical (unpaired) electrons. The van der Waals surface area contributed by atoms with Gasteiger partial charge in [0.2, 0.25) is 0 Å². The van der Waals surface area contributed by atoms with E-state index in [1.807, 2.05) is 13.2 Å². The van der Waals surface area contributed by atoms with Crippen LogP contribution >= 0.6 is 24.0 Å². The van der Waals surface area contributed by atoms with E-state index >= 15 is 0 Å². The van der Waals surface area contributed by atoms with Gasteiger partial charge in [0.1, 0.15) is 5.82 Å². The zero-order valence-electron chi connectivity index (χ0n) is 14.7. The molecule has 0 aliphatic carbocycles. The molecule has 2 aliphatic rings. The largest absolute Gasteiger partial charge is 0.354 e. The summed E-state index contributed by atoms with van der Waals surface area (Å²) in [6.07, 6.45) is 4.52. The maximum atomic E-state index is 4.64. The van der Waals surface area contributed by atoms with Crippen LogP contribution in [0.25, 0.3) is 0 Å². The van der Waals surface area contributed by atoms with E-state index in [4.69, 9.17) is 0 Å². The highest BCUT2D eigenvalue weighted by Gasteiger charge is 2.16. The number of guanidine groups is 1. The maximum Gasteiger partial charge on any atom is 0.193 e. The molecule has 1 aromatic rings. The molecule has 0 amide bonds. The first kappa shape index (κ1) is 19.2. The number of nitrogens with zero attached hydrogens (tertiary/aromatic N) is 5. The van der Waals surface area contributed by atoms with Gasteiger partial charge in [-0.15, -0.1) is 24.0 Å². The van der Waals surface area contributed by atoms with Crippen molar-refractivity contribution in [1.82, 2.24) is 20.1 Å². The summed E-state index contributed by atoms with van der Waals surface area (Å²) in [4.78, 5) is 16.1. The van der Waals surface area contributed by atoms with Crippen molar-refractivity contribution in [1.29, 1.82) is 0 Å². The van der Waals surface area contributed by atoms with Gasteiger partial charge in [-0.2, -0.15) is 0 Å². The lowest BCUT2D eigenvalue weighted by Gasteiger charge is -2.33. The number of nitrogens with one attached hydrogen (secondary N) is 1. The Kier molecular flexibility index (Phi) is 7.54. The van der Waals surface area contributed by atoms with Crippen LogP contribution in [0.5, 0.6) is 0 Å². The third kappa shape index (κ3) is 4.95. The predicted octanol–water partition coefficient (Wildman–Crippen LogP) is 1.62. The SMILES string of the molecule is CN=C(NCc1ccc(N2CCN(C)CC2)nc1)N1CCCC1.I. The zero-order chi connectivity index (χ0) is 16.1. The monoisotopic (exact) mass is 444 g/mol. The second-order valence-electron chi connectivity index (χ2n) is 6.41. The molecule has 7 heteroatoms. The number of anilines is 1. The number of likely N-dealkylation sites (N-methyl/N-ethyl adjacent to an activating group) is 1. The Balaban J connectivity index is 0.00000208. The number of halogens is 1. The highest BCUT2D eigenvalue weighted by molar-refractivity contribution is 14.0. The van der Waals surface area contributed by atoms with Crippen molar-refractivity contribution in [2.24, 2.45) is 4.99 Å². The molecule has 2 saturated heterocycles. The van der Waals surface area contributed by atoms with Crippen LogP contribution < -0.4 is 10.2 Å². The Labute approximate surface area is 162 Å². The molecule has 1 N–H and O–H groups in total. The predicted molar refractivity (Wildman–Crippen MR) is 110 cm³/mol. The third-order valence-corrected chi connectivity index (χ3v) is 4.70. The molecule has 0 spiro atoms. The van der Waals surface area contributed by atoms with Crippen LogP contribution in [0, 0.1) is 0 Å². The van der Waals surface area contributed by atoms with Crippen LogP contribution in [-0.4, -0.2) is 74.1 Å². The first-order chi connectivity index (χ1) is 11.3. The smallest absolute Gasteiger partial charge is 0.193 e. The lowest BCUT2D eigenvalue weighted by Crippen LogP contribution is -2.44. The second-order valence-corrected chi connectivity index (χ2v) is 6.41. The standard InChI is InChI=1S/C17H28N6.HI/c1-18-17(23-7-3-4-8-23)20-14-15-5-6-16(19-13-15)22-11-9-21(2)10-12-22;/h5-6,13H,3-4,7-12,14H2,1-2H3,(H,18,20);1H. The Morgan fingerprint density at radius 1 is 1.12 bits per heavy atom. The van der Waals surface area contributed by atoms with E-state index in [9.17, 15) is 0 Å². The van der Waals surface area contributed by atoms with Crippen LogP contribution in [0.3, 0.4) is 0 Å². The van der Waals surface area contributed by atoms with Gasteiger partial charge in [-0.25, -0.2) is 4.98 Å². The first-order valence-corrected chi connectivity index (χ1v) is 8.60. The van der Waals surface area contributed by atoms with Crippen molar-refractivity contribution in [2.45, 2.75) is 19.4 Å². The van der Waals surface area contributed by atoms with Gasteiger partial charge in [0.25, 0.3) is 0 Å². The van der Waals surface area contributed by atoms with Crippen LogP contribution in [0.15, 0.2) is 23.3 Å². The fraction of sp³-hybridized carbons (Fsp3) is 0.647. The molecule has 1 aromatic heterocycles. The molecule has 2 fully saturated rings. The molecular formula is C17H29IN6. The number of aromatic nitrogens is 1. The number of likely N-dealkylation sites (tertiary alicyclic amines) is 1. The average molecular weight is 444 g/mol. The van der Waals surface area contributed by atoms with Gasteiger partial charge in [0.05, 0.1) is 0 Å². The van der Waals surface area contributed by atoms with E-state index in [0.29, 0.717) is 0 Å². The normalized spacial score (nSPS) is 19.3. The molecule has 0 atom stereocenters. The quantitative estimate of drug-likeness (QED) is 0.436. The van der Waals surface area contributed by atoms with Crippen LogP contribution in [0.2, 0.25) is 0 Å². The minimum absolute atomic E-state index is 0. The summed E-state index contributed by atoms with van der Waals surface area (Å²) in [7, 11) is 4.03. The number of aliphatic imine (C=N–C) groups is 1. The molecule has 0 unspecified atom stereocenters. The second kappa shape index (κ2) is 9.41. The Bertz CT molecular complexity index is 518. The summed E-state index contributed by atoms with van der Waals surface area (Å²) in [5.41, 5.74) is 1.20. The van der Waals surface area contributed by atoms with Crippen LogP contribution in [0.1, 0.15) is 18.4 Å². The molecule has 3 heterocycles. The number of piperazine rings is 1. The number of pyridine rings is 1. The van der Waals surface area contributed by atoms with E-state index in [1.165, 1.54) is 18.4 Å². The minimum atomic E-state index is 0. The maximum absolute atomic E-state index is 4.64. The van der Waals surface area contributed by atoms with Crippen molar-refractivity contribution in [3.8, 4) is 0 Å². The van der Waals surface area contributed by atoms with Crippen molar-refractivity contribution < 1.29 is 0 Å².